The van der Waals surface area contributed by atoms with Crippen LogP contribution < -0.4 is 5.32 Å². The van der Waals surface area contributed by atoms with E-state index in [0.29, 0.717) is 6.04 Å². The number of hydrogen-bond donors (Lipinski definition) is 1. The summed E-state index contributed by atoms with van der Waals surface area (Å²) < 4.78 is 10.8. The summed E-state index contributed by atoms with van der Waals surface area (Å²) in [6.45, 7) is 4.51. The molecule has 0 aliphatic carbocycles. The van der Waals surface area contributed by atoms with Crippen LogP contribution in [0.2, 0.25) is 0 Å². The zero-order chi connectivity index (χ0) is 10.5. The maximum Gasteiger partial charge on any atom is 0.122 e. The second kappa shape index (κ2) is 5.30. The summed E-state index contributed by atoms with van der Waals surface area (Å²) in [5, 5.41) is 3.21. The normalized spacial score (nSPS) is 20.3. The van der Waals surface area contributed by atoms with Crippen LogP contribution >= 0.6 is 0 Å². The molecule has 1 aliphatic rings. The second-order valence-electron chi connectivity index (χ2n) is 3.74. The number of rotatable bonds is 4. The number of ether oxygens (including phenoxy) is 1. The summed E-state index contributed by atoms with van der Waals surface area (Å²) >= 11 is 0. The van der Waals surface area contributed by atoms with Gasteiger partial charge in [-0.3, -0.25) is 4.90 Å². The van der Waals surface area contributed by atoms with Crippen molar-refractivity contribution in [3.05, 3.63) is 24.2 Å². The minimum Gasteiger partial charge on any atom is -0.468 e. The lowest BCUT2D eigenvalue weighted by molar-refractivity contribution is 0.0121. The van der Waals surface area contributed by atoms with Gasteiger partial charge in [-0.1, -0.05) is 0 Å². The monoisotopic (exact) mass is 210 g/mol. The van der Waals surface area contributed by atoms with Crippen molar-refractivity contribution in [2.24, 2.45) is 0 Å². The first-order valence-corrected chi connectivity index (χ1v) is 5.41. The van der Waals surface area contributed by atoms with E-state index in [1.165, 1.54) is 0 Å². The van der Waals surface area contributed by atoms with Gasteiger partial charge in [0.05, 0.1) is 25.5 Å². The summed E-state index contributed by atoms with van der Waals surface area (Å²) in [7, 11) is 1.97. The van der Waals surface area contributed by atoms with Crippen molar-refractivity contribution in [3.8, 4) is 0 Å². The Kier molecular flexibility index (Phi) is 3.77. The van der Waals surface area contributed by atoms with Crippen LogP contribution in [0.3, 0.4) is 0 Å². The molecule has 0 aromatic carbocycles. The average molecular weight is 210 g/mol. The molecule has 0 amide bonds. The summed E-state index contributed by atoms with van der Waals surface area (Å²) in [6, 6.07) is 4.31. The molecule has 4 heteroatoms. The van der Waals surface area contributed by atoms with Crippen molar-refractivity contribution in [2.75, 3.05) is 39.9 Å². The standard InChI is InChI=1S/C11H18N2O2/c1-12-9-10(11-3-2-6-15-11)13-4-7-14-8-5-13/h2-3,6,10,12H,4-5,7-9H2,1H3/t10-/m0/s1. The largest absolute Gasteiger partial charge is 0.468 e. The Bertz CT molecular complexity index is 268. The molecule has 1 aromatic rings. The maximum absolute atomic E-state index is 5.48. The number of likely N-dealkylation sites (N-methyl/N-ethyl adjacent to an activating group) is 1. The van der Waals surface area contributed by atoms with Gasteiger partial charge in [0.2, 0.25) is 0 Å². The van der Waals surface area contributed by atoms with Gasteiger partial charge in [0, 0.05) is 19.6 Å². The van der Waals surface area contributed by atoms with Crippen LogP contribution in [0.5, 0.6) is 0 Å². The molecule has 0 bridgehead atoms. The molecule has 2 rings (SSSR count). The van der Waals surface area contributed by atoms with Crippen LogP contribution in [0.1, 0.15) is 11.8 Å². The van der Waals surface area contributed by atoms with E-state index in [2.05, 4.69) is 10.2 Å². The first-order chi connectivity index (χ1) is 7.42. The van der Waals surface area contributed by atoms with Gasteiger partial charge < -0.3 is 14.5 Å². The third kappa shape index (κ3) is 2.59. The third-order valence-corrected chi connectivity index (χ3v) is 2.76. The predicted octanol–water partition coefficient (Wildman–Crippen LogP) is 0.872. The minimum absolute atomic E-state index is 0.328. The number of furan rings is 1. The van der Waals surface area contributed by atoms with E-state index in [9.17, 15) is 0 Å². The highest BCUT2D eigenvalue weighted by molar-refractivity contribution is 5.05. The topological polar surface area (TPSA) is 37.6 Å². The number of nitrogens with one attached hydrogen (secondary N) is 1. The summed E-state index contributed by atoms with van der Waals surface area (Å²) in [6.07, 6.45) is 1.73. The van der Waals surface area contributed by atoms with Crippen molar-refractivity contribution in [2.45, 2.75) is 6.04 Å². The predicted molar refractivity (Wildman–Crippen MR) is 57.8 cm³/mol. The maximum atomic E-state index is 5.48. The van der Waals surface area contributed by atoms with Gasteiger partial charge in [0.25, 0.3) is 0 Å². The van der Waals surface area contributed by atoms with E-state index in [1.54, 1.807) is 6.26 Å². The van der Waals surface area contributed by atoms with Gasteiger partial charge in [-0.2, -0.15) is 0 Å². The van der Waals surface area contributed by atoms with Gasteiger partial charge in [0.15, 0.2) is 0 Å². The third-order valence-electron chi connectivity index (χ3n) is 2.76. The minimum atomic E-state index is 0.328. The number of hydrogen-bond acceptors (Lipinski definition) is 4. The Morgan fingerprint density at radius 3 is 2.87 bits per heavy atom. The first kappa shape index (κ1) is 10.7. The molecular weight excluding hydrogens is 192 g/mol. The lowest BCUT2D eigenvalue weighted by Crippen LogP contribution is -2.42. The molecule has 2 heterocycles. The van der Waals surface area contributed by atoms with Gasteiger partial charge >= 0.3 is 0 Å². The molecule has 1 aromatic heterocycles. The molecule has 1 atom stereocenters. The molecule has 4 nitrogen and oxygen atoms in total. The fourth-order valence-corrected chi connectivity index (χ4v) is 1.97. The molecule has 15 heavy (non-hydrogen) atoms. The SMILES string of the molecule is CNC[C@@H](c1ccco1)N1CCOCC1. The van der Waals surface area contributed by atoms with Crippen LogP contribution in [-0.2, 0) is 4.74 Å². The highest BCUT2D eigenvalue weighted by Crippen LogP contribution is 2.21. The van der Waals surface area contributed by atoms with E-state index in [0.717, 1.165) is 38.6 Å². The van der Waals surface area contributed by atoms with E-state index < -0.39 is 0 Å². The smallest absolute Gasteiger partial charge is 0.122 e. The zero-order valence-corrected chi connectivity index (χ0v) is 9.11. The quantitative estimate of drug-likeness (QED) is 0.800. The number of morpholine rings is 1. The molecule has 0 radical (unpaired) electrons. The van der Waals surface area contributed by atoms with Crippen molar-refractivity contribution < 1.29 is 9.15 Å². The molecule has 0 saturated carbocycles. The van der Waals surface area contributed by atoms with Crippen molar-refractivity contribution in [1.29, 1.82) is 0 Å². The Labute approximate surface area is 90.2 Å². The van der Waals surface area contributed by atoms with Gasteiger partial charge in [-0.05, 0) is 19.2 Å². The molecule has 0 spiro atoms. The molecule has 84 valence electrons. The molecule has 0 unspecified atom stereocenters. The van der Waals surface area contributed by atoms with Crippen LogP contribution in [-0.4, -0.2) is 44.8 Å². The second-order valence-corrected chi connectivity index (χ2v) is 3.74. The van der Waals surface area contributed by atoms with E-state index in [4.69, 9.17) is 9.15 Å². The lowest BCUT2D eigenvalue weighted by Gasteiger charge is -2.33. The Hall–Kier alpha value is -0.840. The Morgan fingerprint density at radius 2 is 2.27 bits per heavy atom. The summed E-state index contributed by atoms with van der Waals surface area (Å²) in [5.74, 6) is 1.03. The van der Waals surface area contributed by atoms with Crippen molar-refractivity contribution in [3.63, 3.8) is 0 Å². The number of nitrogens with zero attached hydrogens (tertiary/aromatic N) is 1. The van der Waals surface area contributed by atoms with Crippen LogP contribution in [0.15, 0.2) is 22.8 Å². The van der Waals surface area contributed by atoms with Gasteiger partial charge in [0.1, 0.15) is 5.76 Å². The highest BCUT2D eigenvalue weighted by Gasteiger charge is 2.23. The average Bonchev–Trinajstić information content (AvgIpc) is 2.80. The lowest BCUT2D eigenvalue weighted by atomic mass is 10.1. The molecule has 1 aliphatic heterocycles. The fraction of sp³-hybridized carbons (Fsp3) is 0.636. The van der Waals surface area contributed by atoms with Gasteiger partial charge in [-0.15, -0.1) is 0 Å². The van der Waals surface area contributed by atoms with E-state index in [1.807, 2.05) is 19.2 Å². The van der Waals surface area contributed by atoms with Crippen LogP contribution in [0.4, 0.5) is 0 Å². The molecule has 1 N–H and O–H groups in total. The molecule has 1 fully saturated rings. The van der Waals surface area contributed by atoms with Crippen molar-refractivity contribution in [1.82, 2.24) is 10.2 Å². The first-order valence-electron chi connectivity index (χ1n) is 5.41. The molecular formula is C11H18N2O2. The highest BCUT2D eigenvalue weighted by atomic mass is 16.5. The summed E-state index contributed by atoms with van der Waals surface area (Å²) in [4.78, 5) is 2.40. The van der Waals surface area contributed by atoms with Gasteiger partial charge in [-0.25, -0.2) is 0 Å². The Balaban J connectivity index is 2.04. The van der Waals surface area contributed by atoms with Crippen LogP contribution in [0.25, 0.3) is 0 Å². The van der Waals surface area contributed by atoms with E-state index >= 15 is 0 Å². The fourth-order valence-electron chi connectivity index (χ4n) is 1.97. The van der Waals surface area contributed by atoms with Crippen molar-refractivity contribution >= 4 is 0 Å². The zero-order valence-electron chi connectivity index (χ0n) is 9.11. The molecule has 1 saturated heterocycles. The van der Waals surface area contributed by atoms with Crippen LogP contribution in [0, 0.1) is 0 Å². The van der Waals surface area contributed by atoms with E-state index in [-0.39, 0.29) is 0 Å². The Morgan fingerprint density at radius 1 is 1.47 bits per heavy atom. The summed E-state index contributed by atoms with van der Waals surface area (Å²) in [5.41, 5.74) is 0.